The molecule has 1 fully saturated rings. The average molecular weight is 307 g/mol. The summed E-state index contributed by atoms with van der Waals surface area (Å²) < 4.78 is 0. The summed E-state index contributed by atoms with van der Waals surface area (Å²) in [7, 11) is 2.09. The van der Waals surface area contributed by atoms with E-state index in [-0.39, 0.29) is 5.91 Å². The third-order valence-electron chi connectivity index (χ3n) is 3.74. The first-order valence-electron chi connectivity index (χ1n) is 7.04. The Balaban J connectivity index is 1.82. The van der Waals surface area contributed by atoms with Gasteiger partial charge in [0.15, 0.2) is 0 Å². The minimum absolute atomic E-state index is 0.0522. The second kappa shape index (κ2) is 7.52. The molecule has 1 saturated heterocycles. The van der Waals surface area contributed by atoms with Gasteiger partial charge in [0.25, 0.3) is 0 Å². The maximum absolute atomic E-state index is 12.0. The van der Waals surface area contributed by atoms with Gasteiger partial charge in [-0.05, 0) is 18.5 Å². The van der Waals surface area contributed by atoms with Gasteiger partial charge in [-0.25, -0.2) is 0 Å². The lowest BCUT2D eigenvalue weighted by Gasteiger charge is -2.39. The van der Waals surface area contributed by atoms with E-state index < -0.39 is 0 Å². The van der Waals surface area contributed by atoms with Crippen LogP contribution in [0, 0.1) is 11.3 Å². The van der Waals surface area contributed by atoms with E-state index in [4.69, 9.17) is 11.0 Å². The van der Waals surface area contributed by atoms with Gasteiger partial charge in [-0.15, -0.1) is 11.3 Å². The van der Waals surface area contributed by atoms with Crippen LogP contribution in [0.1, 0.15) is 12.0 Å². The summed E-state index contributed by atoms with van der Waals surface area (Å²) in [5.74, 6) is -0.0522. The summed E-state index contributed by atoms with van der Waals surface area (Å²) in [6.07, 6.45) is 0.420. The zero-order valence-corrected chi connectivity index (χ0v) is 13.0. The number of carbonyl (C=O) groups excluding carboxylic acids is 1. The van der Waals surface area contributed by atoms with Crippen LogP contribution in [0.15, 0.2) is 11.4 Å². The molecule has 1 aromatic heterocycles. The second-order valence-electron chi connectivity index (χ2n) is 5.26. The maximum Gasteiger partial charge on any atom is 0.226 e. The third kappa shape index (κ3) is 4.25. The number of nitriles is 1. The molecule has 1 amide bonds. The van der Waals surface area contributed by atoms with Crippen LogP contribution >= 0.6 is 11.3 Å². The molecule has 0 aromatic carbocycles. The van der Waals surface area contributed by atoms with Gasteiger partial charge >= 0.3 is 0 Å². The number of thiophene rings is 1. The number of likely N-dealkylation sites (N-methyl/N-ethyl adjacent to an activating group) is 1. The lowest BCUT2D eigenvalue weighted by Crippen LogP contribution is -2.55. The number of nitrogens with one attached hydrogen (secondary N) is 1. The topological polar surface area (TPSA) is 85.4 Å². The highest BCUT2D eigenvalue weighted by atomic mass is 32.1. The predicted octanol–water partition coefficient (Wildman–Crippen LogP) is 0.523. The Kier molecular flexibility index (Phi) is 5.70. The van der Waals surface area contributed by atoms with Gasteiger partial charge in [0, 0.05) is 45.2 Å². The van der Waals surface area contributed by atoms with E-state index in [0.29, 0.717) is 36.1 Å². The monoisotopic (exact) mass is 307 g/mol. The Morgan fingerprint density at radius 2 is 2.43 bits per heavy atom. The van der Waals surface area contributed by atoms with E-state index in [1.165, 1.54) is 11.3 Å². The van der Waals surface area contributed by atoms with Crippen molar-refractivity contribution >= 4 is 22.2 Å². The van der Waals surface area contributed by atoms with Crippen LogP contribution < -0.4 is 11.1 Å². The van der Waals surface area contributed by atoms with Crippen molar-refractivity contribution in [2.75, 3.05) is 45.1 Å². The Bertz CT molecular complexity index is 524. The maximum atomic E-state index is 12.0. The first-order chi connectivity index (χ1) is 10.1. The van der Waals surface area contributed by atoms with Crippen LogP contribution in [-0.2, 0) is 4.79 Å². The zero-order chi connectivity index (χ0) is 15.2. The van der Waals surface area contributed by atoms with E-state index in [9.17, 15) is 4.79 Å². The molecule has 114 valence electrons. The van der Waals surface area contributed by atoms with E-state index in [0.717, 1.165) is 19.6 Å². The first kappa shape index (κ1) is 15.9. The zero-order valence-electron chi connectivity index (χ0n) is 12.2. The molecular formula is C14H21N5OS. The molecule has 2 rings (SSSR count). The lowest BCUT2D eigenvalue weighted by atomic mass is 10.1. The van der Waals surface area contributed by atoms with Crippen molar-refractivity contribution < 1.29 is 4.79 Å². The Labute approximate surface area is 129 Å². The SMILES string of the molecule is CN1CCN(CCC(=O)Nc2sccc2C#N)C(CN)C1. The molecule has 7 heteroatoms. The van der Waals surface area contributed by atoms with Crippen LogP contribution in [0.3, 0.4) is 0 Å². The molecule has 1 aromatic rings. The highest BCUT2D eigenvalue weighted by molar-refractivity contribution is 7.14. The van der Waals surface area contributed by atoms with Crippen molar-refractivity contribution in [3.8, 4) is 6.07 Å². The summed E-state index contributed by atoms with van der Waals surface area (Å²) in [5.41, 5.74) is 6.33. The van der Waals surface area contributed by atoms with Crippen LogP contribution in [-0.4, -0.2) is 61.5 Å². The molecule has 0 aliphatic carbocycles. The minimum atomic E-state index is -0.0522. The third-order valence-corrected chi connectivity index (χ3v) is 4.57. The molecule has 21 heavy (non-hydrogen) atoms. The largest absolute Gasteiger partial charge is 0.329 e. The Morgan fingerprint density at radius 1 is 1.62 bits per heavy atom. The molecule has 1 aliphatic rings. The number of rotatable bonds is 5. The summed E-state index contributed by atoms with van der Waals surface area (Å²) in [5, 5.41) is 14.2. The number of piperazine rings is 1. The molecule has 0 saturated carbocycles. The normalized spacial score (nSPS) is 20.1. The fourth-order valence-corrected chi connectivity index (χ4v) is 3.25. The molecule has 6 nitrogen and oxygen atoms in total. The summed E-state index contributed by atoms with van der Waals surface area (Å²) in [6.45, 7) is 4.20. The van der Waals surface area contributed by atoms with Gasteiger partial charge in [-0.1, -0.05) is 0 Å². The van der Waals surface area contributed by atoms with Crippen molar-refractivity contribution in [2.45, 2.75) is 12.5 Å². The molecule has 1 unspecified atom stereocenters. The van der Waals surface area contributed by atoms with Crippen molar-refractivity contribution in [2.24, 2.45) is 5.73 Å². The standard InChI is InChI=1S/C14H21N5OS/c1-18-5-6-19(12(9-16)10-18)4-2-13(20)17-14-11(8-15)3-7-21-14/h3,7,12H,2,4-6,9-10,16H2,1H3,(H,17,20). The van der Waals surface area contributed by atoms with Gasteiger partial charge in [0.2, 0.25) is 5.91 Å². The van der Waals surface area contributed by atoms with E-state index in [1.54, 1.807) is 11.4 Å². The van der Waals surface area contributed by atoms with E-state index in [1.807, 2.05) is 0 Å². The average Bonchev–Trinajstić information content (AvgIpc) is 2.92. The number of carbonyl (C=O) groups is 1. The Morgan fingerprint density at radius 3 is 3.14 bits per heavy atom. The number of anilines is 1. The molecule has 0 radical (unpaired) electrons. The Hall–Kier alpha value is -1.46. The van der Waals surface area contributed by atoms with Gasteiger partial charge in [0.1, 0.15) is 11.1 Å². The number of hydrogen-bond donors (Lipinski definition) is 2. The smallest absolute Gasteiger partial charge is 0.226 e. The van der Waals surface area contributed by atoms with Crippen molar-refractivity contribution in [3.63, 3.8) is 0 Å². The van der Waals surface area contributed by atoms with Crippen LogP contribution in [0.5, 0.6) is 0 Å². The fourth-order valence-electron chi connectivity index (χ4n) is 2.49. The van der Waals surface area contributed by atoms with Crippen LogP contribution in [0.25, 0.3) is 0 Å². The first-order valence-corrected chi connectivity index (χ1v) is 7.92. The van der Waals surface area contributed by atoms with Crippen molar-refractivity contribution in [3.05, 3.63) is 17.0 Å². The second-order valence-corrected chi connectivity index (χ2v) is 6.18. The number of nitrogens with two attached hydrogens (primary N) is 1. The van der Waals surface area contributed by atoms with E-state index >= 15 is 0 Å². The van der Waals surface area contributed by atoms with Crippen LogP contribution in [0.2, 0.25) is 0 Å². The highest BCUT2D eigenvalue weighted by Crippen LogP contribution is 2.22. The summed E-state index contributed by atoms with van der Waals surface area (Å²) in [6, 6.07) is 4.10. The van der Waals surface area contributed by atoms with Crippen molar-refractivity contribution in [1.82, 2.24) is 9.80 Å². The minimum Gasteiger partial charge on any atom is -0.329 e. The predicted molar refractivity (Wildman–Crippen MR) is 84.2 cm³/mol. The number of hydrogen-bond acceptors (Lipinski definition) is 6. The molecule has 2 heterocycles. The van der Waals surface area contributed by atoms with E-state index in [2.05, 4.69) is 28.2 Å². The highest BCUT2D eigenvalue weighted by Gasteiger charge is 2.24. The molecule has 0 spiro atoms. The molecule has 3 N–H and O–H groups in total. The fraction of sp³-hybridized carbons (Fsp3) is 0.571. The van der Waals surface area contributed by atoms with Crippen LogP contribution in [0.4, 0.5) is 5.00 Å². The summed E-state index contributed by atoms with van der Waals surface area (Å²) in [4.78, 5) is 16.5. The van der Waals surface area contributed by atoms with Gasteiger partial charge in [-0.2, -0.15) is 5.26 Å². The lowest BCUT2D eigenvalue weighted by molar-refractivity contribution is -0.116. The van der Waals surface area contributed by atoms with Crippen molar-refractivity contribution in [1.29, 1.82) is 5.26 Å². The van der Waals surface area contributed by atoms with Gasteiger partial charge < -0.3 is 16.0 Å². The van der Waals surface area contributed by atoms with Gasteiger partial charge in [-0.3, -0.25) is 9.69 Å². The quantitative estimate of drug-likeness (QED) is 0.828. The summed E-state index contributed by atoms with van der Waals surface area (Å²) >= 11 is 1.37. The molecule has 1 atom stereocenters. The van der Waals surface area contributed by atoms with Gasteiger partial charge in [0.05, 0.1) is 5.56 Å². The number of nitrogens with zero attached hydrogens (tertiary/aromatic N) is 3. The molecule has 0 bridgehead atoms. The number of amides is 1. The molecule has 1 aliphatic heterocycles. The molecular weight excluding hydrogens is 286 g/mol.